The van der Waals surface area contributed by atoms with Gasteiger partial charge >= 0.3 is 0 Å². The molecule has 0 amide bonds. The second-order valence-corrected chi connectivity index (χ2v) is 7.07. The van der Waals surface area contributed by atoms with Crippen LogP contribution in [-0.2, 0) is 13.0 Å². The van der Waals surface area contributed by atoms with Crippen molar-refractivity contribution < 1.29 is 0 Å². The van der Waals surface area contributed by atoms with Gasteiger partial charge in [0.1, 0.15) is 0 Å². The first-order valence-corrected chi connectivity index (χ1v) is 9.43. The van der Waals surface area contributed by atoms with Crippen molar-refractivity contribution in [3.8, 4) is 0 Å². The first-order valence-electron chi connectivity index (χ1n) is 9.43. The summed E-state index contributed by atoms with van der Waals surface area (Å²) in [4.78, 5) is 27.3. The van der Waals surface area contributed by atoms with E-state index < -0.39 is 0 Å². The molecule has 0 aliphatic carbocycles. The van der Waals surface area contributed by atoms with E-state index in [2.05, 4.69) is 36.3 Å². The number of hydrogen-bond donors (Lipinski definition) is 1. The number of pyridine rings is 2. The fraction of sp³-hybridized carbons (Fsp3) is 0.190. The average molecular weight is 385 g/mol. The maximum absolute atomic E-state index is 12.2. The lowest BCUT2D eigenvalue weighted by molar-refractivity contribution is 0.686. The zero-order valence-corrected chi connectivity index (χ0v) is 15.9. The number of nitrogens with zero attached hydrogens (tertiary/aromatic N) is 6. The van der Waals surface area contributed by atoms with Crippen LogP contribution < -0.4 is 15.8 Å². The first kappa shape index (κ1) is 17.3. The summed E-state index contributed by atoms with van der Waals surface area (Å²) in [5.41, 5.74) is 5.44. The van der Waals surface area contributed by atoms with Crippen LogP contribution >= 0.6 is 0 Å². The Kier molecular flexibility index (Phi) is 4.16. The number of aromatic nitrogens is 5. The van der Waals surface area contributed by atoms with Crippen LogP contribution in [0.3, 0.4) is 0 Å². The van der Waals surface area contributed by atoms with E-state index in [1.165, 1.54) is 16.8 Å². The third-order valence-corrected chi connectivity index (χ3v) is 5.03. The van der Waals surface area contributed by atoms with Gasteiger partial charge < -0.3 is 10.2 Å². The molecule has 8 heteroatoms. The van der Waals surface area contributed by atoms with Gasteiger partial charge in [0.25, 0.3) is 5.56 Å². The smallest absolute Gasteiger partial charge is 0.274 e. The summed E-state index contributed by atoms with van der Waals surface area (Å²) in [5.74, 6) is 0.795. The third-order valence-electron chi connectivity index (χ3n) is 5.03. The lowest BCUT2D eigenvalue weighted by Gasteiger charge is -2.30. The molecule has 29 heavy (non-hydrogen) atoms. The number of fused-ring (bicyclic) bond motifs is 2. The van der Waals surface area contributed by atoms with Gasteiger partial charge in [0, 0.05) is 43.7 Å². The van der Waals surface area contributed by atoms with Gasteiger partial charge in [-0.25, -0.2) is 4.98 Å². The minimum Gasteiger partial charge on any atom is -0.353 e. The van der Waals surface area contributed by atoms with Gasteiger partial charge in [-0.15, -0.1) is 5.10 Å². The van der Waals surface area contributed by atoms with E-state index in [4.69, 9.17) is 0 Å². The molecule has 4 aromatic rings. The monoisotopic (exact) mass is 385 g/mol. The van der Waals surface area contributed by atoms with Crippen molar-refractivity contribution in [3.05, 3.63) is 82.3 Å². The Morgan fingerprint density at radius 3 is 2.86 bits per heavy atom. The van der Waals surface area contributed by atoms with E-state index in [-0.39, 0.29) is 5.56 Å². The molecule has 0 saturated heterocycles. The Labute approximate surface area is 166 Å². The van der Waals surface area contributed by atoms with Crippen LogP contribution in [0.25, 0.3) is 5.65 Å². The van der Waals surface area contributed by atoms with Gasteiger partial charge in [0.05, 0.1) is 23.8 Å². The lowest BCUT2D eigenvalue weighted by Crippen LogP contribution is -2.33. The maximum Gasteiger partial charge on any atom is 0.274 e. The molecule has 0 unspecified atom stereocenters. The molecule has 4 aromatic heterocycles. The highest BCUT2D eigenvalue weighted by Gasteiger charge is 2.21. The Morgan fingerprint density at radius 2 is 2.00 bits per heavy atom. The van der Waals surface area contributed by atoms with E-state index in [1.807, 2.05) is 31.3 Å². The topological polar surface area (TPSA) is 88.3 Å². The maximum atomic E-state index is 12.2. The molecule has 0 aromatic carbocycles. The third kappa shape index (κ3) is 3.29. The molecule has 5 heterocycles. The quantitative estimate of drug-likeness (QED) is 0.580. The summed E-state index contributed by atoms with van der Waals surface area (Å²) < 4.78 is 1.36. The van der Waals surface area contributed by atoms with Gasteiger partial charge in [0.2, 0.25) is 0 Å². The molecule has 1 aliphatic rings. The number of aryl methyl sites for hydroxylation is 1. The molecule has 0 atom stereocenters. The predicted molar refractivity (Wildman–Crippen MR) is 111 cm³/mol. The molecule has 0 bridgehead atoms. The highest BCUT2D eigenvalue weighted by Crippen LogP contribution is 2.27. The van der Waals surface area contributed by atoms with Gasteiger partial charge in [-0.2, -0.15) is 4.52 Å². The lowest BCUT2D eigenvalue weighted by atomic mass is 10.0. The van der Waals surface area contributed by atoms with Crippen LogP contribution in [0.5, 0.6) is 0 Å². The minimum absolute atomic E-state index is 0.182. The van der Waals surface area contributed by atoms with Crippen LogP contribution in [0, 0.1) is 6.92 Å². The molecule has 0 radical (unpaired) electrons. The van der Waals surface area contributed by atoms with E-state index >= 15 is 0 Å². The number of rotatable bonds is 3. The molecule has 144 valence electrons. The van der Waals surface area contributed by atoms with Crippen molar-refractivity contribution in [2.24, 2.45) is 0 Å². The second-order valence-electron chi connectivity index (χ2n) is 7.07. The Balaban J connectivity index is 1.47. The number of anilines is 3. The molecule has 1 N–H and O–H groups in total. The van der Waals surface area contributed by atoms with E-state index in [9.17, 15) is 4.79 Å². The molecule has 1 aliphatic heterocycles. The Morgan fingerprint density at radius 1 is 1.07 bits per heavy atom. The number of hydrogen-bond acceptors (Lipinski definition) is 7. The van der Waals surface area contributed by atoms with Crippen LogP contribution in [0.15, 0.2) is 59.9 Å². The molecular weight excluding hydrogens is 366 g/mol. The largest absolute Gasteiger partial charge is 0.353 e. The minimum atomic E-state index is -0.182. The highest BCUT2D eigenvalue weighted by atomic mass is 16.1. The molecule has 0 fully saturated rings. The molecule has 5 rings (SSSR count). The standard InChI is InChI=1S/C21H19N7O/c1-14-9-19-23-7-4-20(29)28(19)26-21(14)27-8-5-18-15(13-27)10-17(12-24-18)25-16-3-2-6-22-11-16/h2-4,6-7,9-12,25H,5,8,13H2,1H3. The van der Waals surface area contributed by atoms with Gasteiger partial charge in [0.15, 0.2) is 11.5 Å². The summed E-state index contributed by atoms with van der Waals surface area (Å²) in [7, 11) is 0. The van der Waals surface area contributed by atoms with Crippen LogP contribution in [0.2, 0.25) is 0 Å². The summed E-state index contributed by atoms with van der Waals surface area (Å²) in [6, 6.07) is 9.29. The first-order chi connectivity index (χ1) is 14.2. The van der Waals surface area contributed by atoms with Crippen molar-refractivity contribution >= 4 is 22.8 Å². The summed E-state index contributed by atoms with van der Waals surface area (Å²) in [6.45, 7) is 3.47. The summed E-state index contributed by atoms with van der Waals surface area (Å²) in [6.07, 6.45) is 7.71. The predicted octanol–water partition coefficient (Wildman–Crippen LogP) is 2.49. The van der Waals surface area contributed by atoms with Crippen molar-refractivity contribution in [3.63, 3.8) is 0 Å². The van der Waals surface area contributed by atoms with Crippen molar-refractivity contribution in [2.45, 2.75) is 19.9 Å². The van der Waals surface area contributed by atoms with Crippen LogP contribution in [0.4, 0.5) is 17.2 Å². The van der Waals surface area contributed by atoms with E-state index in [0.717, 1.165) is 47.0 Å². The van der Waals surface area contributed by atoms with Crippen molar-refractivity contribution in [2.75, 3.05) is 16.8 Å². The average Bonchev–Trinajstić information content (AvgIpc) is 2.74. The fourth-order valence-electron chi connectivity index (χ4n) is 3.64. The highest BCUT2D eigenvalue weighted by molar-refractivity contribution is 5.60. The van der Waals surface area contributed by atoms with E-state index in [0.29, 0.717) is 12.2 Å². The van der Waals surface area contributed by atoms with E-state index in [1.54, 1.807) is 12.4 Å². The van der Waals surface area contributed by atoms with Crippen LogP contribution in [0.1, 0.15) is 16.8 Å². The SMILES string of the molecule is Cc1cc2nccc(=O)n2nc1N1CCc2ncc(Nc3cccnc3)cc2C1. The number of nitrogens with one attached hydrogen (secondary N) is 1. The molecule has 0 spiro atoms. The zero-order chi connectivity index (χ0) is 19.8. The Hall–Kier alpha value is -3.81. The van der Waals surface area contributed by atoms with Crippen LogP contribution in [-0.4, -0.2) is 31.1 Å². The van der Waals surface area contributed by atoms with Crippen molar-refractivity contribution in [1.29, 1.82) is 0 Å². The van der Waals surface area contributed by atoms with Gasteiger partial charge in [-0.05, 0) is 42.3 Å². The molecule has 0 saturated carbocycles. The molecular formula is C21H19N7O. The molecule has 8 nitrogen and oxygen atoms in total. The van der Waals surface area contributed by atoms with Gasteiger partial charge in [-0.3, -0.25) is 14.8 Å². The second kappa shape index (κ2) is 6.97. The normalized spacial score (nSPS) is 13.3. The fourth-order valence-corrected chi connectivity index (χ4v) is 3.64. The summed E-state index contributed by atoms with van der Waals surface area (Å²) >= 11 is 0. The van der Waals surface area contributed by atoms with Gasteiger partial charge in [-0.1, -0.05) is 0 Å². The zero-order valence-electron chi connectivity index (χ0n) is 15.9. The van der Waals surface area contributed by atoms with Crippen molar-refractivity contribution in [1.82, 2.24) is 24.6 Å². The summed E-state index contributed by atoms with van der Waals surface area (Å²) in [5, 5.41) is 7.92. The Bertz CT molecular complexity index is 1250.